The molecular formula is C34H37F. The lowest BCUT2D eigenvalue weighted by Crippen LogP contribution is -1.90. The fourth-order valence-electron chi connectivity index (χ4n) is 4.00. The molecule has 0 fully saturated rings. The van der Waals surface area contributed by atoms with E-state index in [1.165, 1.54) is 50.5 Å². The van der Waals surface area contributed by atoms with Crippen molar-refractivity contribution in [2.24, 2.45) is 0 Å². The van der Waals surface area contributed by atoms with Gasteiger partial charge in [-0.15, -0.1) is 0 Å². The maximum absolute atomic E-state index is 14.4. The second-order valence-corrected chi connectivity index (χ2v) is 9.21. The normalized spacial score (nSPS) is 10.3. The highest BCUT2D eigenvalue weighted by Gasteiger charge is 2.01. The standard InChI is InChI=1S/C34H37F/c1-3-5-7-8-10-11-28-13-15-29(16-14-28)17-18-30-19-21-31(22-20-30)23-25-33-26-24-32(27-34(33)35)12-9-6-4-2/h13-16,19-22,24,26-27H,3-12H2,1-2H3. The van der Waals surface area contributed by atoms with Crippen LogP contribution in [0.4, 0.5) is 4.39 Å². The Morgan fingerprint density at radius 3 is 1.57 bits per heavy atom. The Bertz CT molecular complexity index is 1160. The van der Waals surface area contributed by atoms with E-state index in [0.29, 0.717) is 5.56 Å². The van der Waals surface area contributed by atoms with Crippen LogP contribution in [0.5, 0.6) is 0 Å². The molecule has 0 radical (unpaired) electrons. The van der Waals surface area contributed by atoms with Crippen molar-refractivity contribution in [3.8, 4) is 23.7 Å². The molecule has 0 saturated heterocycles. The monoisotopic (exact) mass is 464 g/mol. The summed E-state index contributed by atoms with van der Waals surface area (Å²) in [6.45, 7) is 4.42. The smallest absolute Gasteiger partial charge is 0.139 e. The van der Waals surface area contributed by atoms with Crippen LogP contribution in [-0.4, -0.2) is 0 Å². The van der Waals surface area contributed by atoms with Crippen molar-refractivity contribution < 1.29 is 4.39 Å². The molecule has 0 aliphatic heterocycles. The third-order valence-corrected chi connectivity index (χ3v) is 6.20. The average molecular weight is 465 g/mol. The van der Waals surface area contributed by atoms with E-state index < -0.39 is 0 Å². The van der Waals surface area contributed by atoms with Crippen LogP contribution in [0.25, 0.3) is 0 Å². The fraction of sp³-hybridized carbons (Fsp3) is 0.353. The van der Waals surface area contributed by atoms with Crippen molar-refractivity contribution in [2.45, 2.75) is 78.1 Å². The lowest BCUT2D eigenvalue weighted by molar-refractivity contribution is 0.619. The molecule has 3 rings (SSSR count). The van der Waals surface area contributed by atoms with Crippen LogP contribution in [0.3, 0.4) is 0 Å². The highest BCUT2D eigenvalue weighted by atomic mass is 19.1. The van der Waals surface area contributed by atoms with Crippen LogP contribution in [0.2, 0.25) is 0 Å². The fourth-order valence-corrected chi connectivity index (χ4v) is 4.00. The van der Waals surface area contributed by atoms with Crippen LogP contribution in [0.15, 0.2) is 66.7 Å². The largest absolute Gasteiger partial charge is 0.206 e. The van der Waals surface area contributed by atoms with Crippen LogP contribution in [0.1, 0.15) is 98.6 Å². The van der Waals surface area contributed by atoms with Crippen molar-refractivity contribution in [3.05, 3.63) is 106 Å². The summed E-state index contributed by atoms with van der Waals surface area (Å²) in [6, 6.07) is 21.8. The molecule has 0 nitrogen and oxygen atoms in total. The molecule has 0 amide bonds. The molecule has 0 N–H and O–H groups in total. The molecule has 0 aromatic heterocycles. The van der Waals surface area contributed by atoms with Gasteiger partial charge in [0.05, 0.1) is 5.56 Å². The number of aryl methyl sites for hydroxylation is 2. The zero-order valence-electron chi connectivity index (χ0n) is 21.3. The molecule has 3 aromatic carbocycles. The van der Waals surface area contributed by atoms with Gasteiger partial charge in [-0.2, -0.15) is 0 Å². The van der Waals surface area contributed by atoms with E-state index in [4.69, 9.17) is 0 Å². The Hall–Kier alpha value is -3.29. The third-order valence-electron chi connectivity index (χ3n) is 6.20. The van der Waals surface area contributed by atoms with Gasteiger partial charge < -0.3 is 0 Å². The first-order chi connectivity index (χ1) is 17.2. The molecule has 0 atom stereocenters. The molecule has 0 aliphatic rings. The summed E-state index contributed by atoms with van der Waals surface area (Å²) in [7, 11) is 0. The van der Waals surface area contributed by atoms with Gasteiger partial charge in [-0.3, -0.25) is 0 Å². The van der Waals surface area contributed by atoms with Gasteiger partial charge in [0.25, 0.3) is 0 Å². The predicted octanol–water partition coefficient (Wildman–Crippen LogP) is 8.87. The molecule has 0 heterocycles. The maximum atomic E-state index is 14.4. The first kappa shape index (κ1) is 26.3. The molecular weight excluding hydrogens is 427 g/mol. The highest BCUT2D eigenvalue weighted by Crippen LogP contribution is 2.13. The second kappa shape index (κ2) is 14.9. The summed E-state index contributed by atoms with van der Waals surface area (Å²) in [5.41, 5.74) is 5.69. The van der Waals surface area contributed by atoms with E-state index in [-0.39, 0.29) is 5.82 Å². The molecule has 0 unspecified atom stereocenters. The minimum absolute atomic E-state index is 0.239. The van der Waals surface area contributed by atoms with E-state index in [1.807, 2.05) is 30.3 Å². The second-order valence-electron chi connectivity index (χ2n) is 9.21. The Morgan fingerprint density at radius 2 is 0.971 bits per heavy atom. The van der Waals surface area contributed by atoms with Crippen LogP contribution in [-0.2, 0) is 12.8 Å². The van der Waals surface area contributed by atoms with Crippen molar-refractivity contribution in [1.82, 2.24) is 0 Å². The zero-order chi connectivity index (χ0) is 24.7. The molecule has 0 bridgehead atoms. The number of unbranched alkanes of at least 4 members (excludes halogenated alkanes) is 6. The van der Waals surface area contributed by atoms with Gasteiger partial charge in [0.2, 0.25) is 0 Å². The minimum Gasteiger partial charge on any atom is -0.206 e. The molecule has 3 aromatic rings. The van der Waals surface area contributed by atoms with E-state index in [0.717, 1.165) is 41.5 Å². The summed E-state index contributed by atoms with van der Waals surface area (Å²) in [5, 5.41) is 0. The lowest BCUT2D eigenvalue weighted by atomic mass is 10.0. The van der Waals surface area contributed by atoms with Gasteiger partial charge in [-0.25, -0.2) is 4.39 Å². The number of hydrogen-bond acceptors (Lipinski definition) is 0. The van der Waals surface area contributed by atoms with E-state index in [2.05, 4.69) is 61.8 Å². The van der Waals surface area contributed by atoms with Crippen LogP contribution < -0.4 is 0 Å². The number of benzene rings is 3. The van der Waals surface area contributed by atoms with Crippen molar-refractivity contribution in [1.29, 1.82) is 0 Å². The maximum Gasteiger partial charge on any atom is 0.139 e. The highest BCUT2D eigenvalue weighted by molar-refractivity contribution is 5.48. The molecule has 35 heavy (non-hydrogen) atoms. The summed E-state index contributed by atoms with van der Waals surface area (Å²) in [4.78, 5) is 0. The summed E-state index contributed by atoms with van der Waals surface area (Å²) in [5.74, 6) is 12.3. The Kier molecular flexibility index (Phi) is 11.2. The van der Waals surface area contributed by atoms with Gasteiger partial charge >= 0.3 is 0 Å². The number of hydrogen-bond donors (Lipinski definition) is 0. The molecule has 0 aliphatic carbocycles. The van der Waals surface area contributed by atoms with Crippen molar-refractivity contribution >= 4 is 0 Å². The topological polar surface area (TPSA) is 0 Å². The van der Waals surface area contributed by atoms with E-state index in [9.17, 15) is 4.39 Å². The van der Waals surface area contributed by atoms with Gasteiger partial charge in [0, 0.05) is 16.7 Å². The Balaban J connectivity index is 1.54. The van der Waals surface area contributed by atoms with Crippen LogP contribution in [0, 0.1) is 29.5 Å². The van der Waals surface area contributed by atoms with Crippen LogP contribution >= 0.6 is 0 Å². The first-order valence-corrected chi connectivity index (χ1v) is 13.2. The van der Waals surface area contributed by atoms with E-state index >= 15 is 0 Å². The minimum atomic E-state index is -0.239. The quantitative estimate of drug-likeness (QED) is 0.208. The zero-order valence-corrected chi connectivity index (χ0v) is 21.3. The number of halogens is 1. The van der Waals surface area contributed by atoms with Crippen molar-refractivity contribution in [2.75, 3.05) is 0 Å². The van der Waals surface area contributed by atoms with Gasteiger partial charge in [0.15, 0.2) is 0 Å². The third kappa shape index (κ3) is 9.47. The van der Waals surface area contributed by atoms with Gasteiger partial charge in [0.1, 0.15) is 5.82 Å². The SMILES string of the molecule is CCCCCCCc1ccc(C#Cc2ccc(C#Cc3ccc(CCCCC)cc3F)cc2)cc1. The Labute approximate surface area is 212 Å². The number of rotatable bonds is 10. The molecule has 1 heteroatoms. The lowest BCUT2D eigenvalue weighted by Gasteiger charge is -2.02. The van der Waals surface area contributed by atoms with Gasteiger partial charge in [-0.1, -0.05) is 94.3 Å². The average Bonchev–Trinajstić information content (AvgIpc) is 2.88. The first-order valence-electron chi connectivity index (χ1n) is 13.2. The van der Waals surface area contributed by atoms with Crippen molar-refractivity contribution in [3.63, 3.8) is 0 Å². The summed E-state index contributed by atoms with van der Waals surface area (Å²) in [6.07, 6.45) is 12.1. The summed E-state index contributed by atoms with van der Waals surface area (Å²) >= 11 is 0. The molecule has 0 spiro atoms. The Morgan fingerprint density at radius 1 is 0.514 bits per heavy atom. The summed E-state index contributed by atoms with van der Waals surface area (Å²) < 4.78 is 14.4. The van der Waals surface area contributed by atoms with E-state index in [1.54, 1.807) is 12.1 Å². The molecule has 180 valence electrons. The molecule has 0 saturated carbocycles. The predicted molar refractivity (Wildman–Crippen MR) is 147 cm³/mol. The van der Waals surface area contributed by atoms with Gasteiger partial charge in [-0.05, 0) is 85.3 Å².